The molecule has 7 heteroatoms. The largest absolute Gasteiger partial charge is 0.363 e. The summed E-state index contributed by atoms with van der Waals surface area (Å²) in [6, 6.07) is 6.46. The third kappa shape index (κ3) is 4.38. The first-order valence-electron chi connectivity index (χ1n) is 8.58. The van der Waals surface area contributed by atoms with Gasteiger partial charge in [-0.3, -0.25) is 4.90 Å². The molecule has 3 rings (SSSR count). The molecule has 0 amide bonds. The minimum atomic E-state index is 0.425. The lowest BCUT2D eigenvalue weighted by Crippen LogP contribution is -2.46. The van der Waals surface area contributed by atoms with E-state index in [1.807, 2.05) is 31.1 Å². The Bertz CT molecular complexity index is 707. The Kier molecular flexibility index (Phi) is 5.71. The Morgan fingerprint density at radius 3 is 2.76 bits per heavy atom. The first-order valence-corrected chi connectivity index (χ1v) is 8.96. The van der Waals surface area contributed by atoms with Gasteiger partial charge in [-0.05, 0) is 25.5 Å². The van der Waals surface area contributed by atoms with Crippen molar-refractivity contribution in [2.75, 3.05) is 44.0 Å². The molecule has 1 aliphatic heterocycles. The Balaban J connectivity index is 1.68. The fraction of sp³-hybridized carbons (Fsp3) is 0.500. The molecule has 1 atom stereocenters. The van der Waals surface area contributed by atoms with Crippen LogP contribution in [-0.2, 0) is 6.54 Å². The number of rotatable bonds is 5. The van der Waals surface area contributed by atoms with E-state index >= 15 is 0 Å². The van der Waals surface area contributed by atoms with Crippen molar-refractivity contribution in [3.8, 4) is 0 Å². The molecule has 1 saturated heterocycles. The summed E-state index contributed by atoms with van der Waals surface area (Å²) in [5.41, 5.74) is 1.09. The first-order chi connectivity index (χ1) is 12.0. The zero-order valence-electron chi connectivity index (χ0n) is 15.1. The summed E-state index contributed by atoms with van der Waals surface area (Å²) in [4.78, 5) is 19.7. The molecule has 134 valence electrons. The zero-order chi connectivity index (χ0) is 17.8. The number of likely N-dealkylation sites (tertiary alicyclic amines) is 1. The summed E-state index contributed by atoms with van der Waals surface area (Å²) >= 11 is 6.22. The molecule has 0 bridgehead atoms. The van der Waals surface area contributed by atoms with Crippen molar-refractivity contribution in [2.45, 2.75) is 25.4 Å². The second-order valence-electron chi connectivity index (χ2n) is 6.72. The summed E-state index contributed by atoms with van der Waals surface area (Å²) in [5, 5.41) is 0.601. The summed E-state index contributed by atoms with van der Waals surface area (Å²) in [6.45, 7) is 2.91. The molecule has 25 heavy (non-hydrogen) atoms. The van der Waals surface area contributed by atoms with Crippen LogP contribution >= 0.6 is 11.6 Å². The number of hydrogen-bond donors (Lipinski definition) is 0. The van der Waals surface area contributed by atoms with Gasteiger partial charge in [0, 0.05) is 58.1 Å². The Morgan fingerprint density at radius 2 is 2.00 bits per heavy atom. The Labute approximate surface area is 154 Å². The molecule has 0 radical (unpaired) electrons. The molecular weight excluding hydrogens is 336 g/mol. The van der Waals surface area contributed by atoms with E-state index in [2.05, 4.69) is 37.9 Å². The number of aromatic nitrogens is 3. The predicted octanol–water partition coefficient (Wildman–Crippen LogP) is 2.69. The van der Waals surface area contributed by atoms with Crippen molar-refractivity contribution in [2.24, 2.45) is 0 Å². The minimum Gasteiger partial charge on any atom is -0.363 e. The van der Waals surface area contributed by atoms with Crippen molar-refractivity contribution in [1.82, 2.24) is 19.9 Å². The SMILES string of the molecule is CN(C)c1cc(N(C)C2CCCN(Cc3cccnc3Cl)C2)ncn1. The Hall–Kier alpha value is -1.92. The lowest BCUT2D eigenvalue weighted by molar-refractivity contribution is 0.198. The fourth-order valence-electron chi connectivity index (χ4n) is 3.23. The van der Waals surface area contributed by atoms with Gasteiger partial charge in [0.2, 0.25) is 0 Å². The van der Waals surface area contributed by atoms with Crippen LogP contribution < -0.4 is 9.80 Å². The molecule has 3 heterocycles. The predicted molar refractivity (Wildman–Crippen MR) is 102 cm³/mol. The minimum absolute atomic E-state index is 0.425. The van der Waals surface area contributed by atoms with E-state index in [0.717, 1.165) is 43.3 Å². The van der Waals surface area contributed by atoms with E-state index in [4.69, 9.17) is 11.6 Å². The maximum absolute atomic E-state index is 6.22. The van der Waals surface area contributed by atoms with Crippen molar-refractivity contribution in [1.29, 1.82) is 0 Å². The highest BCUT2D eigenvalue weighted by molar-refractivity contribution is 6.30. The molecule has 6 nitrogen and oxygen atoms in total. The van der Waals surface area contributed by atoms with E-state index in [0.29, 0.717) is 11.2 Å². The molecule has 0 saturated carbocycles. The van der Waals surface area contributed by atoms with Crippen LogP contribution in [0, 0.1) is 0 Å². The molecule has 0 spiro atoms. The fourth-order valence-corrected chi connectivity index (χ4v) is 3.41. The van der Waals surface area contributed by atoms with Crippen molar-refractivity contribution < 1.29 is 0 Å². The molecule has 2 aromatic rings. The summed E-state index contributed by atoms with van der Waals surface area (Å²) < 4.78 is 0. The smallest absolute Gasteiger partial charge is 0.134 e. The molecule has 1 fully saturated rings. The first kappa shape index (κ1) is 17.9. The number of anilines is 2. The van der Waals surface area contributed by atoms with Gasteiger partial charge in [0.05, 0.1) is 0 Å². The number of likely N-dealkylation sites (N-methyl/N-ethyl adjacent to an activating group) is 1. The van der Waals surface area contributed by atoms with Gasteiger partial charge < -0.3 is 9.80 Å². The summed E-state index contributed by atoms with van der Waals surface area (Å²) in [7, 11) is 6.10. The average molecular weight is 361 g/mol. The van der Waals surface area contributed by atoms with Crippen LogP contribution in [0.1, 0.15) is 18.4 Å². The highest BCUT2D eigenvalue weighted by atomic mass is 35.5. The average Bonchev–Trinajstić information content (AvgIpc) is 2.63. The van der Waals surface area contributed by atoms with E-state index in [1.54, 1.807) is 12.5 Å². The molecule has 1 aliphatic rings. The second kappa shape index (κ2) is 7.97. The summed E-state index contributed by atoms with van der Waals surface area (Å²) in [6.07, 6.45) is 5.70. The molecule has 1 unspecified atom stereocenters. The number of piperidine rings is 1. The normalized spacial score (nSPS) is 18.2. The number of hydrogen-bond acceptors (Lipinski definition) is 6. The quantitative estimate of drug-likeness (QED) is 0.764. The van der Waals surface area contributed by atoms with Gasteiger partial charge in [-0.2, -0.15) is 0 Å². The van der Waals surface area contributed by atoms with Gasteiger partial charge in [0.1, 0.15) is 23.1 Å². The third-order valence-electron chi connectivity index (χ3n) is 4.72. The maximum Gasteiger partial charge on any atom is 0.134 e. The van der Waals surface area contributed by atoms with Crippen molar-refractivity contribution >= 4 is 23.2 Å². The molecular formula is C18H25ClN6. The van der Waals surface area contributed by atoms with Crippen LogP contribution in [0.15, 0.2) is 30.7 Å². The number of nitrogens with zero attached hydrogens (tertiary/aromatic N) is 6. The topological polar surface area (TPSA) is 48.4 Å². The van der Waals surface area contributed by atoms with E-state index in [9.17, 15) is 0 Å². The van der Waals surface area contributed by atoms with Crippen LogP contribution in [0.25, 0.3) is 0 Å². The second-order valence-corrected chi connectivity index (χ2v) is 7.08. The standard InChI is InChI=1S/C18H25ClN6/c1-23(2)16-10-17(22-13-21-16)24(3)15-7-5-9-25(12-15)11-14-6-4-8-20-18(14)19/h4,6,8,10,13,15H,5,7,9,11-12H2,1-3H3. The van der Waals surface area contributed by atoms with Crippen LogP contribution in [0.3, 0.4) is 0 Å². The molecule has 0 aliphatic carbocycles. The van der Waals surface area contributed by atoms with Gasteiger partial charge in [0.15, 0.2) is 0 Å². The lowest BCUT2D eigenvalue weighted by Gasteiger charge is -2.38. The Morgan fingerprint density at radius 1 is 1.20 bits per heavy atom. The number of pyridine rings is 1. The van der Waals surface area contributed by atoms with Crippen LogP contribution in [0.5, 0.6) is 0 Å². The number of halogens is 1. The van der Waals surface area contributed by atoms with Gasteiger partial charge in [-0.15, -0.1) is 0 Å². The van der Waals surface area contributed by atoms with Crippen molar-refractivity contribution in [3.63, 3.8) is 0 Å². The van der Waals surface area contributed by atoms with E-state index in [1.165, 1.54) is 6.42 Å². The van der Waals surface area contributed by atoms with Crippen molar-refractivity contribution in [3.05, 3.63) is 41.4 Å². The zero-order valence-corrected chi connectivity index (χ0v) is 15.8. The van der Waals surface area contributed by atoms with Crippen LogP contribution in [-0.4, -0.2) is 60.1 Å². The summed E-state index contributed by atoms with van der Waals surface area (Å²) in [5.74, 6) is 1.89. The van der Waals surface area contributed by atoms with Crippen LogP contribution in [0.4, 0.5) is 11.6 Å². The van der Waals surface area contributed by atoms with Gasteiger partial charge in [-0.1, -0.05) is 17.7 Å². The highest BCUT2D eigenvalue weighted by Gasteiger charge is 2.25. The van der Waals surface area contributed by atoms with Crippen LogP contribution in [0.2, 0.25) is 5.15 Å². The third-order valence-corrected chi connectivity index (χ3v) is 5.06. The maximum atomic E-state index is 6.22. The monoisotopic (exact) mass is 360 g/mol. The highest BCUT2D eigenvalue weighted by Crippen LogP contribution is 2.23. The molecule has 0 aromatic carbocycles. The van der Waals surface area contributed by atoms with E-state index < -0.39 is 0 Å². The van der Waals surface area contributed by atoms with Gasteiger partial charge >= 0.3 is 0 Å². The lowest BCUT2D eigenvalue weighted by atomic mass is 10.0. The van der Waals surface area contributed by atoms with E-state index in [-0.39, 0.29) is 0 Å². The molecule has 0 N–H and O–H groups in total. The van der Waals surface area contributed by atoms with Gasteiger partial charge in [-0.25, -0.2) is 15.0 Å². The molecule has 2 aromatic heterocycles. The van der Waals surface area contributed by atoms with Gasteiger partial charge in [0.25, 0.3) is 0 Å².